The van der Waals surface area contributed by atoms with Crippen LogP contribution >= 0.6 is 11.3 Å². The van der Waals surface area contributed by atoms with E-state index in [0.717, 1.165) is 19.3 Å². The molecule has 0 saturated carbocycles. The number of ether oxygens (including phenoxy) is 1. The average Bonchev–Trinajstić information content (AvgIpc) is 3.41. The lowest BCUT2D eigenvalue weighted by Gasteiger charge is -2.24. The van der Waals surface area contributed by atoms with Crippen LogP contribution in [-0.2, 0) is 10.0 Å². The monoisotopic (exact) mass is 462 g/mol. The molecule has 3 heterocycles. The lowest BCUT2D eigenvalue weighted by Crippen LogP contribution is -2.35. The third-order valence-corrected chi connectivity index (χ3v) is 7.64. The maximum Gasteiger partial charge on any atom is 0.311 e. The predicted octanol–water partition coefficient (Wildman–Crippen LogP) is 3.54. The van der Waals surface area contributed by atoms with Crippen molar-refractivity contribution in [2.24, 2.45) is 0 Å². The van der Waals surface area contributed by atoms with E-state index in [2.05, 4.69) is 14.9 Å². The van der Waals surface area contributed by atoms with E-state index in [-0.39, 0.29) is 22.6 Å². The van der Waals surface area contributed by atoms with Gasteiger partial charge in [-0.1, -0.05) is 0 Å². The van der Waals surface area contributed by atoms with Crippen molar-refractivity contribution in [2.45, 2.75) is 31.1 Å². The van der Waals surface area contributed by atoms with Crippen LogP contribution in [0.1, 0.15) is 34.8 Å². The zero-order chi connectivity index (χ0) is 22.0. The summed E-state index contributed by atoms with van der Waals surface area (Å²) in [6, 6.07) is 8.06. The maximum absolute atomic E-state index is 12.9. The number of sulfonamides is 1. The molecule has 9 nitrogen and oxygen atoms in total. The Kier molecular flexibility index (Phi) is 5.96. The number of amides is 1. The molecule has 1 aliphatic rings. The van der Waals surface area contributed by atoms with Crippen LogP contribution in [0.2, 0.25) is 0 Å². The lowest BCUT2D eigenvalue weighted by molar-refractivity contribution is 0.0684. The molecule has 1 fully saturated rings. The lowest BCUT2D eigenvalue weighted by atomic mass is 10.1. The zero-order valence-electron chi connectivity index (χ0n) is 17.1. The number of hydrogen-bond donors (Lipinski definition) is 1. The molecule has 0 aliphatic carbocycles. The molecule has 1 aromatic carbocycles. The molecular formula is C20H22N4O5S2. The Morgan fingerprint density at radius 3 is 2.55 bits per heavy atom. The SMILES string of the molecule is COc1ccc(NS(=O)(=O)c2cc(-c3nnc(C(=O)N4CCCCC4)o3)sc2C)cc1. The zero-order valence-corrected chi connectivity index (χ0v) is 18.8. The number of piperidine rings is 1. The highest BCUT2D eigenvalue weighted by Gasteiger charge is 2.26. The Hall–Kier alpha value is -2.92. The van der Waals surface area contributed by atoms with E-state index in [1.54, 1.807) is 43.2 Å². The smallest absolute Gasteiger partial charge is 0.311 e. The Balaban J connectivity index is 1.54. The van der Waals surface area contributed by atoms with Gasteiger partial charge in [-0.25, -0.2) is 8.42 Å². The van der Waals surface area contributed by atoms with Crippen molar-refractivity contribution in [3.05, 3.63) is 41.1 Å². The van der Waals surface area contributed by atoms with Gasteiger partial charge in [0.25, 0.3) is 15.9 Å². The summed E-state index contributed by atoms with van der Waals surface area (Å²) >= 11 is 1.21. The second kappa shape index (κ2) is 8.67. The number of hydrogen-bond acceptors (Lipinski definition) is 8. The van der Waals surface area contributed by atoms with Gasteiger partial charge in [-0.2, -0.15) is 0 Å². The van der Waals surface area contributed by atoms with Gasteiger partial charge >= 0.3 is 11.8 Å². The van der Waals surface area contributed by atoms with Crippen molar-refractivity contribution in [1.82, 2.24) is 15.1 Å². The molecule has 0 unspecified atom stereocenters. The van der Waals surface area contributed by atoms with Crippen LogP contribution in [0.15, 0.2) is 39.6 Å². The summed E-state index contributed by atoms with van der Waals surface area (Å²) in [5.74, 6) is 0.382. The fourth-order valence-electron chi connectivity index (χ4n) is 3.35. The molecule has 1 amide bonds. The number of aromatic nitrogens is 2. The number of likely N-dealkylation sites (tertiary alicyclic amines) is 1. The Morgan fingerprint density at radius 1 is 1.16 bits per heavy atom. The molecule has 2 aromatic heterocycles. The number of carbonyl (C=O) groups excluding carboxylic acids is 1. The van der Waals surface area contributed by atoms with Crippen molar-refractivity contribution < 1.29 is 22.4 Å². The first-order valence-electron chi connectivity index (χ1n) is 9.78. The normalized spacial score (nSPS) is 14.5. The van der Waals surface area contributed by atoms with Gasteiger partial charge in [-0.05, 0) is 56.5 Å². The number of methoxy groups -OCH3 is 1. The van der Waals surface area contributed by atoms with Gasteiger partial charge in [0.1, 0.15) is 10.6 Å². The number of benzene rings is 1. The van der Waals surface area contributed by atoms with E-state index in [4.69, 9.17) is 9.15 Å². The number of thiophene rings is 1. The standard InChI is InChI=1S/C20H22N4O5S2/c1-13-17(31(26,27)23-14-6-8-15(28-2)9-7-14)12-16(30-13)18-21-22-19(29-18)20(25)24-10-4-3-5-11-24/h6-9,12,23H,3-5,10-11H2,1-2H3. The molecule has 31 heavy (non-hydrogen) atoms. The topological polar surface area (TPSA) is 115 Å². The fourth-order valence-corrected chi connectivity index (χ4v) is 5.92. The van der Waals surface area contributed by atoms with Gasteiger partial charge in [0.05, 0.1) is 12.0 Å². The minimum atomic E-state index is -3.82. The van der Waals surface area contributed by atoms with Crippen LogP contribution in [0.3, 0.4) is 0 Å². The Labute approximate surface area is 184 Å². The van der Waals surface area contributed by atoms with Gasteiger partial charge in [0, 0.05) is 23.7 Å². The number of aryl methyl sites for hydroxylation is 1. The largest absolute Gasteiger partial charge is 0.497 e. The highest BCUT2D eigenvalue weighted by molar-refractivity contribution is 7.93. The summed E-state index contributed by atoms with van der Waals surface area (Å²) in [4.78, 5) is 15.4. The highest BCUT2D eigenvalue weighted by atomic mass is 32.2. The van der Waals surface area contributed by atoms with Crippen molar-refractivity contribution in [3.63, 3.8) is 0 Å². The molecule has 4 rings (SSSR count). The summed E-state index contributed by atoms with van der Waals surface area (Å²) in [5, 5.41) is 7.83. The number of nitrogens with one attached hydrogen (secondary N) is 1. The first-order chi connectivity index (χ1) is 14.9. The van der Waals surface area contributed by atoms with Crippen LogP contribution in [0.5, 0.6) is 5.75 Å². The molecule has 11 heteroatoms. The van der Waals surface area contributed by atoms with Crippen LogP contribution in [-0.4, -0.2) is 49.6 Å². The maximum atomic E-state index is 12.9. The van der Waals surface area contributed by atoms with E-state index in [9.17, 15) is 13.2 Å². The van der Waals surface area contributed by atoms with Crippen LogP contribution in [0.4, 0.5) is 5.69 Å². The minimum Gasteiger partial charge on any atom is -0.497 e. The molecule has 0 atom stereocenters. The molecule has 0 radical (unpaired) electrons. The Morgan fingerprint density at radius 2 is 1.87 bits per heavy atom. The van der Waals surface area contributed by atoms with Crippen molar-refractivity contribution in [2.75, 3.05) is 24.9 Å². The predicted molar refractivity (Wildman–Crippen MR) is 116 cm³/mol. The van der Waals surface area contributed by atoms with Gasteiger partial charge < -0.3 is 14.1 Å². The van der Waals surface area contributed by atoms with Crippen LogP contribution in [0, 0.1) is 6.92 Å². The van der Waals surface area contributed by atoms with Gasteiger partial charge in [-0.3, -0.25) is 9.52 Å². The first kappa shape index (κ1) is 21.3. The van der Waals surface area contributed by atoms with Crippen molar-refractivity contribution in [1.29, 1.82) is 0 Å². The minimum absolute atomic E-state index is 0.0799. The van der Waals surface area contributed by atoms with Crippen molar-refractivity contribution >= 4 is 33.0 Å². The van der Waals surface area contributed by atoms with Crippen LogP contribution < -0.4 is 9.46 Å². The molecule has 1 N–H and O–H groups in total. The molecular weight excluding hydrogens is 440 g/mol. The molecule has 164 valence electrons. The van der Waals surface area contributed by atoms with Gasteiger partial charge in [0.15, 0.2) is 0 Å². The quantitative estimate of drug-likeness (QED) is 0.596. The average molecular weight is 463 g/mol. The van der Waals surface area contributed by atoms with E-state index < -0.39 is 10.0 Å². The number of anilines is 1. The number of carbonyl (C=O) groups is 1. The third-order valence-electron chi connectivity index (χ3n) is 4.97. The highest BCUT2D eigenvalue weighted by Crippen LogP contribution is 2.34. The summed E-state index contributed by atoms with van der Waals surface area (Å²) < 4.78 is 39.0. The third kappa shape index (κ3) is 4.57. The van der Waals surface area contributed by atoms with E-state index in [0.29, 0.717) is 34.3 Å². The van der Waals surface area contributed by atoms with E-state index in [1.807, 2.05) is 0 Å². The molecule has 3 aromatic rings. The second-order valence-electron chi connectivity index (χ2n) is 7.13. The van der Waals surface area contributed by atoms with E-state index in [1.165, 1.54) is 17.4 Å². The summed E-state index contributed by atoms with van der Waals surface area (Å²) in [7, 11) is -2.28. The van der Waals surface area contributed by atoms with Crippen molar-refractivity contribution in [3.8, 4) is 16.5 Å². The Bertz CT molecular complexity index is 1180. The van der Waals surface area contributed by atoms with E-state index >= 15 is 0 Å². The summed E-state index contributed by atoms with van der Waals surface area (Å²) in [6.07, 6.45) is 3.02. The second-order valence-corrected chi connectivity index (χ2v) is 10.0. The first-order valence-corrected chi connectivity index (χ1v) is 12.1. The number of nitrogens with zero attached hydrogens (tertiary/aromatic N) is 3. The van der Waals surface area contributed by atoms with Crippen LogP contribution in [0.25, 0.3) is 10.8 Å². The molecule has 0 spiro atoms. The molecule has 0 bridgehead atoms. The molecule has 1 saturated heterocycles. The molecule has 1 aliphatic heterocycles. The number of rotatable bonds is 6. The summed E-state index contributed by atoms with van der Waals surface area (Å²) in [5.41, 5.74) is 0.417. The van der Waals surface area contributed by atoms with Gasteiger partial charge in [0.2, 0.25) is 0 Å². The summed E-state index contributed by atoms with van der Waals surface area (Å²) in [6.45, 7) is 3.05. The fraction of sp³-hybridized carbons (Fsp3) is 0.350. The van der Waals surface area contributed by atoms with Gasteiger partial charge in [-0.15, -0.1) is 21.5 Å².